The van der Waals surface area contributed by atoms with E-state index in [0.717, 1.165) is 11.8 Å². The molecule has 0 aromatic heterocycles. The van der Waals surface area contributed by atoms with Gasteiger partial charge in [0.25, 0.3) is 0 Å². The molecule has 1 rings (SSSR count). The van der Waals surface area contributed by atoms with Crippen molar-refractivity contribution in [3.05, 3.63) is 11.5 Å². The summed E-state index contributed by atoms with van der Waals surface area (Å²) in [5.74, 6) is -1.14. The molecule has 0 fully saturated rings. The first-order valence-corrected chi connectivity index (χ1v) is 5.78. The van der Waals surface area contributed by atoms with E-state index in [0.29, 0.717) is 0 Å². The van der Waals surface area contributed by atoms with Crippen molar-refractivity contribution in [2.75, 3.05) is 6.54 Å². The molecule has 0 radical (unpaired) electrons. The smallest absolute Gasteiger partial charge is 0.405 e. The Balaban J connectivity index is 2.51. The van der Waals surface area contributed by atoms with Gasteiger partial charge < -0.3 is 15.7 Å². The number of nitrogens with one attached hydrogen (secondary N) is 2. The number of urea groups is 1. The van der Waals surface area contributed by atoms with Gasteiger partial charge in [-0.15, -0.1) is 11.8 Å². The van der Waals surface area contributed by atoms with Crippen molar-refractivity contribution in [1.82, 2.24) is 10.6 Å². The number of carbonyl (C=O) groups is 2. The summed E-state index contributed by atoms with van der Waals surface area (Å²) < 4.78 is 35.6. The molecule has 9 heteroatoms. The molecular weight excluding hydrogens is 273 g/mol. The van der Waals surface area contributed by atoms with Gasteiger partial charge in [0.05, 0.1) is 6.42 Å². The third kappa shape index (κ3) is 4.86. The molecule has 0 aromatic rings. The summed E-state index contributed by atoms with van der Waals surface area (Å²) in [6.07, 6.45) is -2.97. The molecule has 0 saturated heterocycles. The van der Waals surface area contributed by atoms with E-state index >= 15 is 0 Å². The van der Waals surface area contributed by atoms with Gasteiger partial charge in [0.15, 0.2) is 0 Å². The molecular formula is C9H11F3N2O3S. The van der Waals surface area contributed by atoms with Crippen LogP contribution in [0.4, 0.5) is 18.0 Å². The SMILES string of the molecule is O=C(O)CC1(NC(=O)NCC(F)(F)F)CC=CS1. The number of hydrogen-bond acceptors (Lipinski definition) is 3. The summed E-state index contributed by atoms with van der Waals surface area (Å²) >= 11 is 1.07. The van der Waals surface area contributed by atoms with Crippen molar-refractivity contribution in [2.45, 2.75) is 23.9 Å². The number of aliphatic carboxylic acids is 1. The average Bonchev–Trinajstić information content (AvgIpc) is 2.61. The zero-order chi connectivity index (χ0) is 13.8. The number of carbonyl (C=O) groups excluding carboxylic acids is 1. The Bertz CT molecular complexity index is 363. The second-order valence-electron chi connectivity index (χ2n) is 3.68. The van der Waals surface area contributed by atoms with E-state index < -0.39 is 29.6 Å². The van der Waals surface area contributed by atoms with E-state index in [-0.39, 0.29) is 12.8 Å². The van der Waals surface area contributed by atoms with Gasteiger partial charge >= 0.3 is 18.2 Å². The number of rotatable bonds is 4. The molecule has 1 aliphatic rings. The van der Waals surface area contributed by atoms with Gasteiger partial charge in [-0.3, -0.25) is 4.79 Å². The van der Waals surface area contributed by atoms with Crippen LogP contribution in [0, 0.1) is 0 Å². The standard InChI is InChI=1S/C9H11F3N2O3S/c10-9(11,12)5-13-7(17)14-8(4-6(15)16)2-1-3-18-8/h1,3H,2,4-5H2,(H,15,16)(H2,13,14,17). The minimum Gasteiger partial charge on any atom is -0.481 e. The molecule has 0 aromatic carbocycles. The molecule has 3 N–H and O–H groups in total. The summed E-state index contributed by atoms with van der Waals surface area (Å²) in [6, 6.07) is -1.04. The number of carboxylic acids is 1. The molecule has 1 atom stereocenters. The fourth-order valence-corrected chi connectivity index (χ4v) is 2.38. The zero-order valence-electron chi connectivity index (χ0n) is 9.08. The lowest BCUT2D eigenvalue weighted by molar-refractivity contribution is -0.137. The van der Waals surface area contributed by atoms with Crippen LogP contribution >= 0.6 is 11.8 Å². The Morgan fingerprint density at radius 1 is 1.44 bits per heavy atom. The highest BCUT2D eigenvalue weighted by Crippen LogP contribution is 2.36. The maximum Gasteiger partial charge on any atom is 0.405 e. The van der Waals surface area contributed by atoms with Crippen LogP contribution in [-0.2, 0) is 4.79 Å². The fraction of sp³-hybridized carbons (Fsp3) is 0.556. The fourth-order valence-electron chi connectivity index (χ4n) is 1.38. The lowest BCUT2D eigenvalue weighted by Gasteiger charge is -2.27. The highest BCUT2D eigenvalue weighted by atomic mass is 32.2. The Kier molecular flexibility index (Phi) is 4.49. The Morgan fingerprint density at radius 2 is 2.11 bits per heavy atom. The Morgan fingerprint density at radius 3 is 2.56 bits per heavy atom. The monoisotopic (exact) mass is 284 g/mol. The third-order valence-corrected chi connectivity index (χ3v) is 3.26. The quantitative estimate of drug-likeness (QED) is 0.733. The summed E-state index contributed by atoms with van der Waals surface area (Å²) in [5.41, 5.74) is 0. The number of alkyl halides is 3. The van der Waals surface area contributed by atoms with Gasteiger partial charge in [-0.1, -0.05) is 6.08 Å². The molecule has 1 aliphatic heterocycles. The van der Waals surface area contributed by atoms with Gasteiger partial charge in [-0.05, 0) is 11.8 Å². The van der Waals surface area contributed by atoms with E-state index in [2.05, 4.69) is 5.32 Å². The third-order valence-electron chi connectivity index (χ3n) is 2.06. The Labute approximate surface area is 105 Å². The minimum absolute atomic E-state index is 0.253. The molecule has 102 valence electrons. The molecule has 18 heavy (non-hydrogen) atoms. The zero-order valence-corrected chi connectivity index (χ0v) is 9.90. The molecule has 0 aliphatic carbocycles. The number of amides is 2. The second-order valence-corrected chi connectivity index (χ2v) is 4.97. The molecule has 1 unspecified atom stereocenters. The molecule has 0 spiro atoms. The van der Waals surface area contributed by atoms with E-state index in [9.17, 15) is 22.8 Å². The van der Waals surface area contributed by atoms with E-state index in [4.69, 9.17) is 5.11 Å². The number of halogens is 3. The Hall–Kier alpha value is -1.38. The number of thioether (sulfide) groups is 1. The van der Waals surface area contributed by atoms with Crippen LogP contribution in [0.15, 0.2) is 11.5 Å². The first-order valence-electron chi connectivity index (χ1n) is 4.90. The highest BCUT2D eigenvalue weighted by molar-refractivity contribution is 8.03. The molecule has 0 bridgehead atoms. The molecule has 0 saturated carbocycles. The normalized spacial score (nSPS) is 22.8. The van der Waals surface area contributed by atoms with Crippen molar-refractivity contribution in [3.8, 4) is 0 Å². The van der Waals surface area contributed by atoms with Crippen LogP contribution in [0.25, 0.3) is 0 Å². The molecule has 2 amide bonds. The predicted molar refractivity (Wildman–Crippen MR) is 58.9 cm³/mol. The van der Waals surface area contributed by atoms with Crippen molar-refractivity contribution in [3.63, 3.8) is 0 Å². The van der Waals surface area contributed by atoms with E-state index in [1.54, 1.807) is 16.8 Å². The van der Waals surface area contributed by atoms with Gasteiger partial charge in [-0.2, -0.15) is 13.2 Å². The molecule has 5 nitrogen and oxygen atoms in total. The maximum absolute atomic E-state index is 11.9. The van der Waals surface area contributed by atoms with Crippen LogP contribution in [0.5, 0.6) is 0 Å². The van der Waals surface area contributed by atoms with Crippen LogP contribution < -0.4 is 10.6 Å². The van der Waals surface area contributed by atoms with E-state index in [1.807, 2.05) is 0 Å². The van der Waals surface area contributed by atoms with Crippen molar-refractivity contribution >= 4 is 23.8 Å². The van der Waals surface area contributed by atoms with E-state index in [1.165, 1.54) is 0 Å². The average molecular weight is 284 g/mol. The van der Waals surface area contributed by atoms with Gasteiger partial charge in [0.1, 0.15) is 11.4 Å². The highest BCUT2D eigenvalue weighted by Gasteiger charge is 2.37. The van der Waals surface area contributed by atoms with Crippen molar-refractivity contribution < 1.29 is 27.9 Å². The number of carboxylic acid groups (broad SMARTS) is 1. The first-order chi connectivity index (χ1) is 8.22. The lowest BCUT2D eigenvalue weighted by atomic mass is 10.1. The minimum atomic E-state index is -4.50. The second kappa shape index (κ2) is 5.51. The largest absolute Gasteiger partial charge is 0.481 e. The maximum atomic E-state index is 11.9. The predicted octanol–water partition coefficient (Wildman–Crippen LogP) is 1.67. The summed E-state index contributed by atoms with van der Waals surface area (Å²) in [7, 11) is 0. The molecule has 1 heterocycles. The topological polar surface area (TPSA) is 78.4 Å². The van der Waals surface area contributed by atoms with Crippen LogP contribution in [-0.4, -0.2) is 34.7 Å². The summed E-state index contributed by atoms with van der Waals surface area (Å²) in [6.45, 7) is -1.46. The van der Waals surface area contributed by atoms with Gasteiger partial charge in [0, 0.05) is 0 Å². The van der Waals surface area contributed by atoms with Crippen LogP contribution in [0.3, 0.4) is 0 Å². The van der Waals surface area contributed by atoms with Crippen molar-refractivity contribution in [1.29, 1.82) is 0 Å². The van der Waals surface area contributed by atoms with Crippen LogP contribution in [0.1, 0.15) is 12.8 Å². The summed E-state index contributed by atoms with van der Waals surface area (Å²) in [5, 5.41) is 14.2. The number of hydrogen-bond donors (Lipinski definition) is 3. The van der Waals surface area contributed by atoms with Crippen molar-refractivity contribution in [2.24, 2.45) is 0 Å². The van der Waals surface area contributed by atoms with Crippen LogP contribution in [0.2, 0.25) is 0 Å². The lowest BCUT2D eigenvalue weighted by Crippen LogP contribution is -2.51. The summed E-state index contributed by atoms with van der Waals surface area (Å²) in [4.78, 5) is 20.8. The first kappa shape index (κ1) is 14.7. The van der Waals surface area contributed by atoms with Gasteiger partial charge in [-0.25, -0.2) is 4.79 Å². The van der Waals surface area contributed by atoms with Gasteiger partial charge in [0.2, 0.25) is 0 Å².